The zero-order valence-electron chi connectivity index (χ0n) is 13.6. The van der Waals surface area contributed by atoms with Crippen molar-refractivity contribution in [3.05, 3.63) is 42.5 Å². The molecule has 3 unspecified atom stereocenters. The molecule has 0 bridgehead atoms. The summed E-state index contributed by atoms with van der Waals surface area (Å²) in [7, 11) is -3.43. The van der Waals surface area contributed by atoms with Gasteiger partial charge in [0, 0.05) is 13.1 Å². The van der Waals surface area contributed by atoms with Crippen LogP contribution in [0.4, 0.5) is 0 Å². The molecular weight excluding hydrogens is 310 g/mol. The van der Waals surface area contributed by atoms with Gasteiger partial charge in [0.1, 0.15) is 0 Å². The quantitative estimate of drug-likeness (QED) is 0.861. The van der Waals surface area contributed by atoms with Gasteiger partial charge < -0.3 is 5.11 Å². The maximum Gasteiger partial charge on any atom is 0.243 e. The molecule has 0 radical (unpaired) electrons. The van der Waals surface area contributed by atoms with Crippen LogP contribution in [0.25, 0.3) is 0 Å². The number of hydrogen-bond donors (Lipinski definition) is 1. The third-order valence-corrected chi connectivity index (χ3v) is 7.27. The van der Waals surface area contributed by atoms with Crippen molar-refractivity contribution in [2.75, 3.05) is 13.1 Å². The first-order chi connectivity index (χ1) is 10.9. The van der Waals surface area contributed by atoms with Gasteiger partial charge in [-0.2, -0.15) is 4.31 Å². The number of aliphatic hydroxyl groups is 1. The Kier molecular flexibility index (Phi) is 4.38. The molecule has 2 aliphatic rings. The smallest absolute Gasteiger partial charge is 0.243 e. The monoisotopic (exact) mass is 335 g/mol. The lowest BCUT2D eigenvalue weighted by Gasteiger charge is -2.24. The van der Waals surface area contributed by atoms with Crippen molar-refractivity contribution in [3.8, 4) is 0 Å². The van der Waals surface area contributed by atoms with E-state index in [-0.39, 0.29) is 17.4 Å². The Balaban J connectivity index is 1.77. The molecule has 0 aromatic heterocycles. The Morgan fingerprint density at radius 2 is 2.04 bits per heavy atom. The molecule has 2 fully saturated rings. The van der Waals surface area contributed by atoms with Crippen LogP contribution in [-0.2, 0) is 10.0 Å². The van der Waals surface area contributed by atoms with E-state index in [1.165, 1.54) is 0 Å². The maximum absolute atomic E-state index is 12.8. The lowest BCUT2D eigenvalue weighted by molar-refractivity contribution is 0.127. The fraction of sp³-hybridized carbons (Fsp3) is 0.556. The Hall–Kier alpha value is -1.17. The summed E-state index contributed by atoms with van der Waals surface area (Å²) >= 11 is 0. The third kappa shape index (κ3) is 3.10. The summed E-state index contributed by atoms with van der Waals surface area (Å²) in [6.45, 7) is 6.77. The zero-order chi connectivity index (χ0) is 16.7. The lowest BCUT2D eigenvalue weighted by Crippen LogP contribution is -2.31. The minimum absolute atomic E-state index is 0.0646. The fourth-order valence-corrected chi connectivity index (χ4v) is 5.69. The van der Waals surface area contributed by atoms with Crippen LogP contribution < -0.4 is 0 Å². The van der Waals surface area contributed by atoms with Gasteiger partial charge in [0.05, 0.1) is 11.0 Å². The summed E-state index contributed by atoms with van der Waals surface area (Å²) < 4.78 is 27.2. The number of aryl methyl sites for hydroxylation is 1. The molecule has 1 saturated carbocycles. The van der Waals surface area contributed by atoms with E-state index in [4.69, 9.17) is 0 Å². The first-order valence-electron chi connectivity index (χ1n) is 8.22. The highest BCUT2D eigenvalue weighted by atomic mass is 32.2. The first-order valence-corrected chi connectivity index (χ1v) is 9.66. The molecular formula is C18H25NO3S. The van der Waals surface area contributed by atoms with Gasteiger partial charge in [0.25, 0.3) is 0 Å². The molecule has 3 atom stereocenters. The molecule has 1 spiro atoms. The van der Waals surface area contributed by atoms with Crippen LogP contribution in [0.5, 0.6) is 0 Å². The van der Waals surface area contributed by atoms with E-state index >= 15 is 0 Å². The Morgan fingerprint density at radius 3 is 2.70 bits per heavy atom. The van der Waals surface area contributed by atoms with E-state index in [9.17, 15) is 13.5 Å². The van der Waals surface area contributed by atoms with Gasteiger partial charge >= 0.3 is 0 Å². The molecule has 1 heterocycles. The van der Waals surface area contributed by atoms with Crippen LogP contribution in [0.15, 0.2) is 41.8 Å². The molecule has 1 aliphatic carbocycles. The number of benzene rings is 1. The summed E-state index contributed by atoms with van der Waals surface area (Å²) in [6, 6.07) is 7.02. The van der Waals surface area contributed by atoms with E-state index in [1.54, 1.807) is 16.4 Å². The molecule has 1 aliphatic heterocycles. The van der Waals surface area contributed by atoms with E-state index in [0.717, 1.165) is 24.8 Å². The first kappa shape index (κ1) is 16.7. The van der Waals surface area contributed by atoms with E-state index in [2.05, 4.69) is 6.58 Å². The van der Waals surface area contributed by atoms with Gasteiger partial charge in [-0.1, -0.05) is 23.8 Å². The molecule has 1 aromatic rings. The van der Waals surface area contributed by atoms with Crippen molar-refractivity contribution in [1.82, 2.24) is 4.31 Å². The second kappa shape index (κ2) is 6.04. The number of hydrogen-bond acceptors (Lipinski definition) is 3. The standard InChI is InChI=1S/C18H25NO3S/c1-3-4-15-11-18(12-17(15)20)9-10-19(13-18)23(21,22)16-7-5-14(2)6-8-16/h3,5-8,15,17,20H,1,4,9-13H2,2H3. The van der Waals surface area contributed by atoms with Crippen LogP contribution in [0, 0.1) is 18.3 Å². The molecule has 1 N–H and O–H groups in total. The molecule has 1 saturated heterocycles. The second-order valence-corrected chi connectivity index (χ2v) is 9.10. The van der Waals surface area contributed by atoms with Crippen LogP contribution in [0.3, 0.4) is 0 Å². The van der Waals surface area contributed by atoms with E-state index < -0.39 is 10.0 Å². The molecule has 3 rings (SSSR count). The summed E-state index contributed by atoms with van der Waals surface area (Å²) in [5.41, 5.74) is 0.984. The van der Waals surface area contributed by atoms with E-state index in [1.807, 2.05) is 25.1 Å². The highest BCUT2D eigenvalue weighted by molar-refractivity contribution is 7.89. The maximum atomic E-state index is 12.8. The molecule has 1 aromatic carbocycles. The normalized spacial score (nSPS) is 31.7. The number of sulfonamides is 1. The van der Waals surface area contributed by atoms with Gasteiger partial charge in [0.2, 0.25) is 10.0 Å². The summed E-state index contributed by atoms with van der Waals surface area (Å²) in [6.07, 6.45) is 4.74. The van der Waals surface area contributed by atoms with Crippen LogP contribution in [0.2, 0.25) is 0 Å². The van der Waals surface area contributed by atoms with Crippen molar-refractivity contribution < 1.29 is 13.5 Å². The minimum Gasteiger partial charge on any atom is -0.393 e. The van der Waals surface area contributed by atoms with Crippen molar-refractivity contribution in [2.45, 2.75) is 43.6 Å². The van der Waals surface area contributed by atoms with Crippen molar-refractivity contribution in [3.63, 3.8) is 0 Å². The molecule has 5 heteroatoms. The summed E-state index contributed by atoms with van der Waals surface area (Å²) in [5.74, 6) is 0.217. The topological polar surface area (TPSA) is 57.6 Å². The van der Waals surface area contributed by atoms with Crippen molar-refractivity contribution in [1.29, 1.82) is 0 Å². The fourth-order valence-electron chi connectivity index (χ4n) is 4.13. The Morgan fingerprint density at radius 1 is 1.35 bits per heavy atom. The van der Waals surface area contributed by atoms with Crippen LogP contribution >= 0.6 is 0 Å². The number of aliphatic hydroxyl groups excluding tert-OH is 1. The third-order valence-electron chi connectivity index (χ3n) is 5.41. The largest absolute Gasteiger partial charge is 0.393 e. The second-order valence-electron chi connectivity index (χ2n) is 7.16. The predicted octanol–water partition coefficient (Wildman–Crippen LogP) is 2.72. The Labute approximate surface area is 138 Å². The number of nitrogens with zero attached hydrogens (tertiary/aromatic N) is 1. The molecule has 4 nitrogen and oxygen atoms in total. The zero-order valence-corrected chi connectivity index (χ0v) is 14.4. The highest BCUT2D eigenvalue weighted by Gasteiger charge is 2.50. The molecule has 0 amide bonds. The van der Waals surface area contributed by atoms with Gasteiger partial charge in [-0.25, -0.2) is 8.42 Å². The average Bonchev–Trinajstić information content (AvgIpc) is 3.05. The van der Waals surface area contributed by atoms with E-state index in [0.29, 0.717) is 24.4 Å². The molecule has 23 heavy (non-hydrogen) atoms. The SMILES string of the molecule is C=CCC1CC2(CCN(S(=O)(=O)c3ccc(C)cc3)C2)CC1O. The predicted molar refractivity (Wildman–Crippen MR) is 90.5 cm³/mol. The van der Waals surface area contributed by atoms with Gasteiger partial charge in [-0.05, 0) is 56.1 Å². The summed E-state index contributed by atoms with van der Waals surface area (Å²) in [5, 5.41) is 10.3. The van der Waals surface area contributed by atoms with Crippen LogP contribution in [-0.4, -0.2) is 37.0 Å². The molecule has 126 valence electrons. The van der Waals surface area contributed by atoms with Crippen molar-refractivity contribution in [2.24, 2.45) is 11.3 Å². The minimum atomic E-state index is -3.43. The number of allylic oxidation sites excluding steroid dienone is 1. The lowest BCUT2D eigenvalue weighted by atomic mass is 9.84. The van der Waals surface area contributed by atoms with Gasteiger partial charge in [-0.3, -0.25) is 0 Å². The van der Waals surface area contributed by atoms with Crippen LogP contribution in [0.1, 0.15) is 31.2 Å². The van der Waals surface area contributed by atoms with Crippen molar-refractivity contribution >= 4 is 10.0 Å². The summed E-state index contributed by atoms with van der Waals surface area (Å²) in [4.78, 5) is 0.362. The average molecular weight is 335 g/mol. The highest BCUT2D eigenvalue weighted by Crippen LogP contribution is 2.50. The van der Waals surface area contributed by atoms with Gasteiger partial charge in [0.15, 0.2) is 0 Å². The Bertz CT molecular complexity index is 683. The number of rotatable bonds is 4. The van der Waals surface area contributed by atoms with Gasteiger partial charge in [-0.15, -0.1) is 6.58 Å².